The van der Waals surface area contributed by atoms with Crippen LogP contribution in [-0.4, -0.2) is 22.2 Å². The number of aromatic hydroxyl groups is 1. The van der Waals surface area contributed by atoms with Gasteiger partial charge >= 0.3 is 5.97 Å². The van der Waals surface area contributed by atoms with Crippen LogP contribution < -0.4 is 15.0 Å². The Labute approximate surface area is 159 Å². The molecule has 0 aliphatic carbocycles. The third-order valence-corrected chi connectivity index (χ3v) is 4.39. The maximum Gasteiger partial charge on any atom is 0.308 e. The molecule has 0 saturated carbocycles. The van der Waals surface area contributed by atoms with Gasteiger partial charge in [0.15, 0.2) is 5.75 Å². The van der Waals surface area contributed by atoms with E-state index in [0.717, 1.165) is 38.5 Å². The van der Waals surface area contributed by atoms with Gasteiger partial charge in [-0.05, 0) is 25.0 Å². The SMILES string of the molecule is CCCCCCn1c(=O)c(OC(C)=O)c(OCCCC)c2ccc(O)cc21. The Morgan fingerprint density at radius 1 is 1.07 bits per heavy atom. The van der Waals surface area contributed by atoms with Gasteiger partial charge in [0.2, 0.25) is 5.75 Å². The summed E-state index contributed by atoms with van der Waals surface area (Å²) in [4.78, 5) is 24.7. The summed E-state index contributed by atoms with van der Waals surface area (Å²) in [6.07, 6.45) is 5.77. The lowest BCUT2D eigenvalue weighted by atomic mass is 10.1. The number of nitrogens with zero attached hydrogens (tertiary/aromatic N) is 1. The maximum absolute atomic E-state index is 13.1. The minimum Gasteiger partial charge on any atom is -0.508 e. The fourth-order valence-electron chi connectivity index (χ4n) is 3.00. The fourth-order valence-corrected chi connectivity index (χ4v) is 3.00. The molecule has 0 fully saturated rings. The number of phenols is 1. The standard InChI is InChI=1S/C21H29NO5/c1-4-6-8-9-12-22-18-14-16(24)10-11-17(18)19(26-13-7-5-2)20(21(22)25)27-15(3)23/h10-11,14,24H,4-9,12-13H2,1-3H3. The van der Waals surface area contributed by atoms with Crippen LogP contribution in [0.3, 0.4) is 0 Å². The highest BCUT2D eigenvalue weighted by Gasteiger charge is 2.21. The van der Waals surface area contributed by atoms with Gasteiger partial charge in [0.25, 0.3) is 5.56 Å². The number of hydrogen-bond acceptors (Lipinski definition) is 5. The number of aromatic nitrogens is 1. The topological polar surface area (TPSA) is 77.8 Å². The number of phenolic OH excluding ortho intramolecular Hbond substituents is 1. The van der Waals surface area contributed by atoms with Crippen LogP contribution in [0.15, 0.2) is 23.0 Å². The lowest BCUT2D eigenvalue weighted by Gasteiger charge is -2.18. The number of carbonyl (C=O) groups excluding carboxylic acids is 1. The molecule has 0 atom stereocenters. The zero-order valence-corrected chi connectivity index (χ0v) is 16.4. The number of pyridine rings is 1. The predicted octanol–water partition coefficient (Wildman–Crippen LogP) is 4.39. The highest BCUT2D eigenvalue weighted by molar-refractivity contribution is 5.89. The Hall–Kier alpha value is -2.50. The summed E-state index contributed by atoms with van der Waals surface area (Å²) in [5.41, 5.74) is 0.171. The Morgan fingerprint density at radius 2 is 1.81 bits per heavy atom. The van der Waals surface area contributed by atoms with Crippen LogP contribution in [0.4, 0.5) is 0 Å². The normalized spacial score (nSPS) is 10.9. The van der Waals surface area contributed by atoms with E-state index in [1.54, 1.807) is 22.8 Å². The maximum atomic E-state index is 13.1. The van der Waals surface area contributed by atoms with Crippen LogP contribution in [-0.2, 0) is 11.3 Å². The second-order valence-electron chi connectivity index (χ2n) is 6.67. The van der Waals surface area contributed by atoms with E-state index in [9.17, 15) is 14.7 Å². The first-order valence-corrected chi connectivity index (χ1v) is 9.70. The van der Waals surface area contributed by atoms with Crippen molar-refractivity contribution in [2.75, 3.05) is 6.61 Å². The number of unbranched alkanes of at least 4 members (excludes halogenated alkanes) is 4. The van der Waals surface area contributed by atoms with Gasteiger partial charge in [-0.1, -0.05) is 39.5 Å². The molecule has 1 heterocycles. The van der Waals surface area contributed by atoms with E-state index in [0.29, 0.717) is 24.1 Å². The van der Waals surface area contributed by atoms with Crippen molar-refractivity contribution in [1.82, 2.24) is 4.57 Å². The summed E-state index contributed by atoms with van der Waals surface area (Å²) in [5, 5.41) is 10.6. The molecule has 0 aliphatic rings. The highest BCUT2D eigenvalue weighted by atomic mass is 16.6. The monoisotopic (exact) mass is 375 g/mol. The van der Waals surface area contributed by atoms with Gasteiger partial charge in [-0.15, -0.1) is 0 Å². The Kier molecular flexibility index (Phi) is 7.70. The fraction of sp³-hybridized carbons (Fsp3) is 0.524. The van der Waals surface area contributed by atoms with E-state index in [1.165, 1.54) is 6.92 Å². The average molecular weight is 375 g/mol. The number of benzene rings is 1. The second-order valence-corrected chi connectivity index (χ2v) is 6.67. The highest BCUT2D eigenvalue weighted by Crippen LogP contribution is 2.35. The van der Waals surface area contributed by atoms with Crippen LogP contribution in [0.1, 0.15) is 59.3 Å². The molecular formula is C21H29NO5. The van der Waals surface area contributed by atoms with E-state index in [4.69, 9.17) is 9.47 Å². The van der Waals surface area contributed by atoms with E-state index >= 15 is 0 Å². The van der Waals surface area contributed by atoms with E-state index in [-0.39, 0.29) is 17.2 Å². The molecule has 0 spiro atoms. The molecule has 0 saturated heterocycles. The molecule has 1 N–H and O–H groups in total. The Balaban J connectivity index is 2.60. The van der Waals surface area contributed by atoms with Crippen molar-refractivity contribution in [2.24, 2.45) is 0 Å². The van der Waals surface area contributed by atoms with Crippen LogP contribution in [0.2, 0.25) is 0 Å². The predicted molar refractivity (Wildman–Crippen MR) is 106 cm³/mol. The summed E-state index contributed by atoms with van der Waals surface area (Å²) in [6.45, 7) is 6.34. The minimum atomic E-state index is -0.567. The van der Waals surface area contributed by atoms with Gasteiger partial charge in [-0.2, -0.15) is 0 Å². The molecule has 6 heteroatoms. The Morgan fingerprint density at radius 3 is 2.48 bits per heavy atom. The summed E-state index contributed by atoms with van der Waals surface area (Å²) >= 11 is 0. The molecule has 6 nitrogen and oxygen atoms in total. The van der Waals surface area contributed by atoms with Crippen LogP contribution in [0.25, 0.3) is 10.9 Å². The van der Waals surface area contributed by atoms with E-state index < -0.39 is 11.5 Å². The first kappa shape index (κ1) is 20.8. The summed E-state index contributed by atoms with van der Waals surface area (Å²) in [6, 6.07) is 4.79. The van der Waals surface area contributed by atoms with E-state index in [1.807, 2.05) is 6.92 Å². The van der Waals surface area contributed by atoms with Gasteiger partial charge in [0, 0.05) is 24.9 Å². The lowest BCUT2D eigenvalue weighted by molar-refractivity contribution is -0.132. The van der Waals surface area contributed by atoms with E-state index in [2.05, 4.69) is 6.92 Å². The Bertz CT molecular complexity index is 841. The van der Waals surface area contributed by atoms with Crippen molar-refractivity contribution in [1.29, 1.82) is 0 Å². The zero-order chi connectivity index (χ0) is 19.8. The first-order chi connectivity index (χ1) is 13.0. The molecule has 0 aliphatic heterocycles. The van der Waals surface area contributed by atoms with Crippen LogP contribution in [0.5, 0.6) is 17.2 Å². The van der Waals surface area contributed by atoms with Crippen molar-refractivity contribution >= 4 is 16.9 Å². The van der Waals surface area contributed by atoms with Crippen molar-refractivity contribution in [2.45, 2.75) is 65.8 Å². The van der Waals surface area contributed by atoms with Gasteiger partial charge in [-0.25, -0.2) is 0 Å². The number of fused-ring (bicyclic) bond motifs is 1. The summed E-state index contributed by atoms with van der Waals surface area (Å²) < 4.78 is 12.7. The molecule has 2 rings (SSSR count). The molecule has 148 valence electrons. The van der Waals surface area contributed by atoms with Gasteiger partial charge in [0.1, 0.15) is 5.75 Å². The number of esters is 1. The summed E-state index contributed by atoms with van der Waals surface area (Å²) in [7, 11) is 0. The van der Waals surface area contributed by atoms with Crippen LogP contribution in [0, 0.1) is 0 Å². The second kappa shape index (κ2) is 10.00. The minimum absolute atomic E-state index is 0.0731. The first-order valence-electron chi connectivity index (χ1n) is 9.70. The summed E-state index contributed by atoms with van der Waals surface area (Å²) in [5.74, 6) is -0.303. The van der Waals surface area contributed by atoms with Gasteiger partial charge in [0.05, 0.1) is 12.1 Å². The van der Waals surface area contributed by atoms with Gasteiger partial charge < -0.3 is 19.1 Å². The molecule has 0 amide bonds. The van der Waals surface area contributed by atoms with Crippen molar-refractivity contribution in [3.63, 3.8) is 0 Å². The quantitative estimate of drug-likeness (QED) is 0.492. The smallest absolute Gasteiger partial charge is 0.308 e. The van der Waals surface area contributed by atoms with Crippen molar-refractivity contribution in [3.8, 4) is 17.2 Å². The van der Waals surface area contributed by atoms with Crippen molar-refractivity contribution in [3.05, 3.63) is 28.6 Å². The third-order valence-electron chi connectivity index (χ3n) is 4.39. The number of ether oxygens (including phenoxy) is 2. The molecule has 27 heavy (non-hydrogen) atoms. The molecule has 1 aromatic heterocycles. The molecule has 1 aromatic carbocycles. The number of hydrogen-bond donors (Lipinski definition) is 1. The largest absolute Gasteiger partial charge is 0.508 e. The average Bonchev–Trinajstić information content (AvgIpc) is 2.63. The van der Waals surface area contributed by atoms with Crippen molar-refractivity contribution < 1.29 is 19.4 Å². The number of aryl methyl sites for hydroxylation is 1. The molecule has 0 radical (unpaired) electrons. The zero-order valence-electron chi connectivity index (χ0n) is 16.4. The lowest BCUT2D eigenvalue weighted by Crippen LogP contribution is -2.25. The molecular weight excluding hydrogens is 346 g/mol. The molecule has 2 aromatic rings. The molecule has 0 unspecified atom stereocenters. The number of carbonyl (C=O) groups is 1. The molecule has 0 bridgehead atoms. The third kappa shape index (κ3) is 5.25. The van der Waals surface area contributed by atoms with Crippen LogP contribution >= 0.6 is 0 Å². The van der Waals surface area contributed by atoms with Gasteiger partial charge in [-0.3, -0.25) is 9.59 Å². The number of rotatable bonds is 10.